The Morgan fingerprint density at radius 3 is 2.50 bits per heavy atom. The first-order chi connectivity index (χ1) is 14.1. The Morgan fingerprint density at radius 2 is 1.83 bits per heavy atom. The predicted octanol–water partition coefficient (Wildman–Crippen LogP) is 2.58. The number of aryl methyl sites for hydroxylation is 2. The summed E-state index contributed by atoms with van der Waals surface area (Å²) in [7, 11) is -2.88. The van der Waals surface area contributed by atoms with Gasteiger partial charge in [-0.3, -0.25) is 0 Å². The number of ether oxygens (including phenoxy) is 1. The third-order valence-electron chi connectivity index (χ3n) is 4.82. The number of hydrogen-bond acceptors (Lipinski definition) is 6. The van der Waals surface area contributed by atoms with Crippen molar-refractivity contribution in [2.45, 2.75) is 25.3 Å². The number of benzene rings is 1. The van der Waals surface area contributed by atoms with Crippen LogP contribution in [-0.2, 0) is 16.6 Å². The molecule has 3 aromatic heterocycles. The second-order valence-electron chi connectivity index (χ2n) is 6.78. The third kappa shape index (κ3) is 3.25. The van der Waals surface area contributed by atoms with E-state index in [1.165, 1.54) is 7.11 Å². The van der Waals surface area contributed by atoms with Gasteiger partial charge in [0.25, 0.3) is 0 Å². The van der Waals surface area contributed by atoms with Crippen LogP contribution in [0.5, 0.6) is 5.88 Å². The summed E-state index contributed by atoms with van der Waals surface area (Å²) in [5.74, 6) is -1.07. The number of aromatic nitrogens is 4. The maximum Gasteiger partial charge on any atom is 0.241 e. The van der Waals surface area contributed by atoms with Crippen molar-refractivity contribution in [2.24, 2.45) is 5.14 Å². The number of hydrogen-bond donors (Lipinski definition) is 1. The quantitative estimate of drug-likeness (QED) is 0.529. The van der Waals surface area contributed by atoms with Gasteiger partial charge in [0.1, 0.15) is 27.9 Å². The van der Waals surface area contributed by atoms with Crippen molar-refractivity contribution in [3.05, 3.63) is 53.0 Å². The van der Waals surface area contributed by atoms with Gasteiger partial charge in [0.15, 0.2) is 5.65 Å². The number of sulfonamides is 1. The first-order valence-electron chi connectivity index (χ1n) is 8.79. The van der Waals surface area contributed by atoms with Crippen molar-refractivity contribution in [1.82, 2.24) is 19.5 Å². The Bertz CT molecular complexity index is 1430. The van der Waals surface area contributed by atoms with Crippen LogP contribution in [0.1, 0.15) is 17.1 Å². The lowest BCUT2D eigenvalue weighted by molar-refractivity contribution is 0.399. The third-order valence-corrected chi connectivity index (χ3v) is 5.75. The number of methoxy groups -OCH3 is 1. The van der Waals surface area contributed by atoms with Crippen LogP contribution in [0.4, 0.5) is 8.78 Å². The highest BCUT2D eigenvalue weighted by molar-refractivity contribution is 7.89. The molecule has 1 aromatic carbocycles. The van der Waals surface area contributed by atoms with Crippen LogP contribution in [0.15, 0.2) is 29.2 Å². The molecule has 4 aromatic rings. The summed E-state index contributed by atoms with van der Waals surface area (Å²) < 4.78 is 58.6. The van der Waals surface area contributed by atoms with Gasteiger partial charge in [-0.05, 0) is 32.0 Å². The lowest BCUT2D eigenvalue weighted by Crippen LogP contribution is -2.15. The van der Waals surface area contributed by atoms with Crippen molar-refractivity contribution < 1.29 is 21.9 Å². The van der Waals surface area contributed by atoms with E-state index in [-0.39, 0.29) is 12.1 Å². The van der Waals surface area contributed by atoms with Gasteiger partial charge in [-0.15, -0.1) is 0 Å². The van der Waals surface area contributed by atoms with Gasteiger partial charge in [-0.2, -0.15) is 4.98 Å². The van der Waals surface area contributed by atoms with Crippen LogP contribution in [-0.4, -0.2) is 35.0 Å². The predicted molar refractivity (Wildman–Crippen MR) is 106 cm³/mol. The summed E-state index contributed by atoms with van der Waals surface area (Å²) in [6.07, 6.45) is 0. The molecular weight excluding hydrogens is 416 g/mol. The molecule has 0 aliphatic heterocycles. The smallest absolute Gasteiger partial charge is 0.241 e. The maximum absolute atomic E-state index is 14.6. The number of fused-ring (bicyclic) bond motifs is 3. The van der Waals surface area contributed by atoms with Gasteiger partial charge in [0, 0.05) is 17.0 Å². The molecule has 0 radical (unpaired) electrons. The highest BCUT2D eigenvalue weighted by atomic mass is 32.2. The fourth-order valence-electron chi connectivity index (χ4n) is 3.39. The molecule has 0 fully saturated rings. The summed E-state index contributed by atoms with van der Waals surface area (Å²) in [6.45, 7) is 3.43. The van der Waals surface area contributed by atoms with E-state index >= 15 is 0 Å². The molecule has 0 aliphatic rings. The van der Waals surface area contributed by atoms with Crippen LogP contribution in [0.25, 0.3) is 22.1 Å². The van der Waals surface area contributed by atoms with Crippen LogP contribution >= 0.6 is 0 Å². The van der Waals surface area contributed by atoms with E-state index < -0.39 is 26.6 Å². The van der Waals surface area contributed by atoms with Gasteiger partial charge in [0.05, 0.1) is 24.9 Å². The fourth-order valence-corrected chi connectivity index (χ4v) is 3.99. The Kier molecular flexibility index (Phi) is 4.66. The van der Waals surface area contributed by atoms with Gasteiger partial charge in [0.2, 0.25) is 15.9 Å². The van der Waals surface area contributed by atoms with E-state index in [0.717, 1.165) is 6.07 Å². The van der Waals surface area contributed by atoms with Gasteiger partial charge in [-0.1, -0.05) is 0 Å². The topological polar surface area (TPSA) is 113 Å². The van der Waals surface area contributed by atoms with Crippen molar-refractivity contribution in [3.8, 4) is 5.88 Å². The Hall–Kier alpha value is -3.18. The molecule has 2 N–H and O–H groups in total. The minimum Gasteiger partial charge on any atom is -0.481 e. The molecule has 11 heteroatoms. The monoisotopic (exact) mass is 433 g/mol. The number of imidazole rings is 1. The Balaban J connectivity index is 1.94. The molecule has 0 bridgehead atoms. The molecule has 0 aliphatic carbocycles. The molecule has 0 unspecified atom stereocenters. The van der Waals surface area contributed by atoms with Gasteiger partial charge < -0.3 is 9.30 Å². The van der Waals surface area contributed by atoms with E-state index in [1.54, 1.807) is 30.5 Å². The summed E-state index contributed by atoms with van der Waals surface area (Å²) in [5, 5.41) is 5.61. The van der Waals surface area contributed by atoms with Gasteiger partial charge >= 0.3 is 0 Å². The van der Waals surface area contributed by atoms with Crippen LogP contribution in [0.3, 0.4) is 0 Å². The molecule has 156 valence electrons. The van der Waals surface area contributed by atoms with E-state index in [4.69, 9.17) is 9.88 Å². The maximum atomic E-state index is 14.6. The van der Waals surface area contributed by atoms with Crippen LogP contribution in [0, 0.1) is 25.5 Å². The molecule has 4 rings (SSSR count). The van der Waals surface area contributed by atoms with E-state index in [1.807, 2.05) is 0 Å². The van der Waals surface area contributed by atoms with Crippen molar-refractivity contribution in [1.29, 1.82) is 0 Å². The lowest BCUT2D eigenvalue weighted by atomic mass is 10.1. The Morgan fingerprint density at radius 1 is 1.10 bits per heavy atom. The molecule has 30 heavy (non-hydrogen) atoms. The molecule has 0 spiro atoms. The molecule has 0 atom stereocenters. The minimum absolute atomic E-state index is 0.0496. The first-order valence-corrected chi connectivity index (χ1v) is 10.3. The molecule has 0 saturated carbocycles. The lowest BCUT2D eigenvalue weighted by Gasteiger charge is -2.12. The normalized spacial score (nSPS) is 12.1. The summed E-state index contributed by atoms with van der Waals surface area (Å²) in [5.41, 5.74) is 2.26. The average Bonchev–Trinajstić information content (AvgIpc) is 3.00. The average molecular weight is 433 g/mol. The second kappa shape index (κ2) is 6.96. The van der Waals surface area contributed by atoms with Crippen LogP contribution in [0.2, 0.25) is 0 Å². The van der Waals surface area contributed by atoms with E-state index in [9.17, 15) is 17.2 Å². The molecule has 0 saturated heterocycles. The number of rotatable bonds is 4. The zero-order valence-electron chi connectivity index (χ0n) is 16.3. The second-order valence-corrected chi connectivity index (χ2v) is 8.31. The highest BCUT2D eigenvalue weighted by Crippen LogP contribution is 2.29. The van der Waals surface area contributed by atoms with E-state index in [0.29, 0.717) is 45.5 Å². The molecular formula is C19H17F2N5O3S. The van der Waals surface area contributed by atoms with Gasteiger partial charge in [-0.25, -0.2) is 32.3 Å². The fraction of sp³-hybridized carbons (Fsp3) is 0.211. The Labute approximate surface area is 170 Å². The molecule has 8 nitrogen and oxygen atoms in total. The number of primary sulfonamides is 1. The first kappa shape index (κ1) is 20.1. The number of halogens is 2. The number of nitrogens with two attached hydrogens (primary N) is 1. The van der Waals surface area contributed by atoms with Crippen molar-refractivity contribution in [2.75, 3.05) is 7.11 Å². The number of pyridine rings is 2. The van der Waals surface area contributed by atoms with Crippen molar-refractivity contribution in [3.63, 3.8) is 0 Å². The minimum atomic E-state index is -4.38. The zero-order chi connectivity index (χ0) is 21.8. The standard InChI is InChI=1S/C19H17F2N5O3S/c1-9-17-18(12-4-5-16(29-3)25-19(12)23-9)26(10(2)24-17)8-11-6-14(21)15(7-13(11)20)30(22,27)28/h4-7H,8H2,1-3H3,(H2,22,27,28). The SMILES string of the molecule is COc1ccc2c(n1)nc(C)c1nc(C)n(Cc3cc(F)c(S(N)(=O)=O)cc3F)c12. The molecule has 0 amide bonds. The summed E-state index contributed by atoms with van der Waals surface area (Å²) >= 11 is 0. The summed E-state index contributed by atoms with van der Waals surface area (Å²) in [6, 6.07) is 4.87. The number of nitrogens with zero attached hydrogens (tertiary/aromatic N) is 4. The largest absolute Gasteiger partial charge is 0.481 e. The van der Waals surface area contributed by atoms with Crippen LogP contribution < -0.4 is 9.88 Å². The zero-order valence-corrected chi connectivity index (χ0v) is 17.1. The van der Waals surface area contributed by atoms with Crippen molar-refractivity contribution >= 4 is 32.1 Å². The summed E-state index contributed by atoms with van der Waals surface area (Å²) in [4.78, 5) is 12.4. The highest BCUT2D eigenvalue weighted by Gasteiger charge is 2.21. The molecule has 3 heterocycles. The van der Waals surface area contributed by atoms with E-state index in [2.05, 4.69) is 15.0 Å².